The second-order valence-corrected chi connectivity index (χ2v) is 5.18. The first-order chi connectivity index (χ1) is 9.02. The van der Waals surface area contributed by atoms with Crippen LogP contribution in [0, 0.1) is 12.8 Å². The Kier molecular flexibility index (Phi) is 6.67. The number of carbonyl (C=O) groups is 1. The van der Waals surface area contributed by atoms with E-state index in [-0.39, 0.29) is 18.6 Å². The molecule has 0 aromatic heterocycles. The molecule has 1 aromatic rings. The third kappa shape index (κ3) is 5.94. The topological polar surface area (TPSA) is 61.4 Å². The van der Waals surface area contributed by atoms with E-state index in [1.807, 2.05) is 26.0 Å². The Balaban J connectivity index is 2.29. The Labute approximate surface area is 119 Å². The summed E-state index contributed by atoms with van der Waals surface area (Å²) in [6, 6.07) is 5.16. The number of urea groups is 1. The van der Waals surface area contributed by atoms with Crippen molar-refractivity contribution in [2.24, 2.45) is 5.92 Å². The van der Waals surface area contributed by atoms with Crippen LogP contribution in [0.25, 0.3) is 0 Å². The zero-order chi connectivity index (χ0) is 14.3. The zero-order valence-electron chi connectivity index (χ0n) is 11.4. The van der Waals surface area contributed by atoms with E-state index >= 15 is 0 Å². The summed E-state index contributed by atoms with van der Waals surface area (Å²) in [6.45, 7) is 4.67. The molecule has 1 rings (SSSR count). The van der Waals surface area contributed by atoms with Crippen LogP contribution in [-0.4, -0.2) is 24.3 Å². The van der Waals surface area contributed by atoms with E-state index in [0.29, 0.717) is 17.3 Å². The number of halogens is 1. The number of aliphatic hydroxyl groups is 1. The Hall–Kier alpha value is -1.26. The smallest absolute Gasteiger partial charge is 0.319 e. The maximum atomic E-state index is 11.6. The average Bonchev–Trinajstić information content (AvgIpc) is 2.38. The van der Waals surface area contributed by atoms with Crippen molar-refractivity contribution in [2.45, 2.75) is 26.7 Å². The largest absolute Gasteiger partial charge is 0.396 e. The Bertz CT molecular complexity index is 424. The number of carbonyl (C=O) groups excluding carboxylic acids is 1. The summed E-state index contributed by atoms with van der Waals surface area (Å²) in [6.07, 6.45) is 1.75. The molecule has 1 aromatic carbocycles. The minimum absolute atomic E-state index is 0.189. The number of hydrogen-bond donors (Lipinski definition) is 3. The summed E-state index contributed by atoms with van der Waals surface area (Å²) in [5, 5.41) is 15.0. The molecule has 1 unspecified atom stereocenters. The van der Waals surface area contributed by atoms with Gasteiger partial charge in [0.15, 0.2) is 0 Å². The number of nitrogens with one attached hydrogen (secondary N) is 2. The Morgan fingerprint density at radius 2 is 2.21 bits per heavy atom. The monoisotopic (exact) mass is 284 g/mol. The molecule has 0 aliphatic heterocycles. The second kappa shape index (κ2) is 8.02. The summed E-state index contributed by atoms with van der Waals surface area (Å²) in [7, 11) is 0. The van der Waals surface area contributed by atoms with E-state index in [0.717, 1.165) is 18.4 Å². The first-order valence-corrected chi connectivity index (χ1v) is 6.82. The van der Waals surface area contributed by atoms with E-state index in [2.05, 4.69) is 10.6 Å². The summed E-state index contributed by atoms with van der Waals surface area (Å²) < 4.78 is 0. The number of amides is 2. The van der Waals surface area contributed by atoms with Crippen molar-refractivity contribution in [2.75, 3.05) is 18.5 Å². The molecule has 19 heavy (non-hydrogen) atoms. The molecule has 2 amide bonds. The molecule has 4 nitrogen and oxygen atoms in total. The van der Waals surface area contributed by atoms with Gasteiger partial charge in [-0.1, -0.05) is 24.6 Å². The van der Waals surface area contributed by atoms with Crippen LogP contribution >= 0.6 is 11.6 Å². The number of rotatable bonds is 6. The normalized spacial score (nSPS) is 12.0. The molecule has 0 aliphatic rings. The molecule has 0 spiro atoms. The molecule has 0 fully saturated rings. The van der Waals surface area contributed by atoms with Crippen LogP contribution in [0.15, 0.2) is 18.2 Å². The molecule has 0 saturated heterocycles. The molecule has 106 valence electrons. The van der Waals surface area contributed by atoms with E-state index in [1.165, 1.54) is 0 Å². The number of anilines is 1. The highest BCUT2D eigenvalue weighted by Crippen LogP contribution is 2.19. The molecular weight excluding hydrogens is 264 g/mol. The maximum Gasteiger partial charge on any atom is 0.319 e. The van der Waals surface area contributed by atoms with Crippen LogP contribution < -0.4 is 10.6 Å². The van der Waals surface area contributed by atoms with Crippen molar-refractivity contribution in [3.8, 4) is 0 Å². The molecule has 0 aliphatic carbocycles. The van der Waals surface area contributed by atoms with E-state index < -0.39 is 0 Å². The van der Waals surface area contributed by atoms with E-state index in [4.69, 9.17) is 16.7 Å². The van der Waals surface area contributed by atoms with Gasteiger partial charge in [0.1, 0.15) is 0 Å². The maximum absolute atomic E-state index is 11.6. The third-order valence-corrected chi connectivity index (χ3v) is 3.31. The fourth-order valence-corrected chi connectivity index (χ4v) is 1.77. The highest BCUT2D eigenvalue weighted by molar-refractivity contribution is 6.31. The van der Waals surface area contributed by atoms with Gasteiger partial charge in [-0.25, -0.2) is 4.79 Å². The van der Waals surface area contributed by atoms with Crippen molar-refractivity contribution >= 4 is 23.3 Å². The summed E-state index contributed by atoms with van der Waals surface area (Å²) in [5.74, 6) is 0.278. The molecular formula is C14H21ClN2O2. The number of aliphatic hydroxyl groups excluding tert-OH is 1. The summed E-state index contributed by atoms with van der Waals surface area (Å²) in [5.41, 5.74) is 1.66. The van der Waals surface area contributed by atoms with Gasteiger partial charge in [-0.3, -0.25) is 0 Å². The summed E-state index contributed by atoms with van der Waals surface area (Å²) in [4.78, 5) is 11.6. The Morgan fingerprint density at radius 1 is 1.47 bits per heavy atom. The predicted molar refractivity (Wildman–Crippen MR) is 78.7 cm³/mol. The van der Waals surface area contributed by atoms with Gasteiger partial charge in [0.05, 0.1) is 0 Å². The van der Waals surface area contributed by atoms with Crippen molar-refractivity contribution in [3.63, 3.8) is 0 Å². The minimum Gasteiger partial charge on any atom is -0.396 e. The van der Waals surface area contributed by atoms with Crippen LogP contribution in [0.3, 0.4) is 0 Å². The van der Waals surface area contributed by atoms with Crippen LogP contribution in [0.5, 0.6) is 0 Å². The minimum atomic E-state index is -0.239. The van der Waals surface area contributed by atoms with Crippen molar-refractivity contribution in [1.82, 2.24) is 5.32 Å². The van der Waals surface area contributed by atoms with Gasteiger partial charge >= 0.3 is 6.03 Å². The van der Waals surface area contributed by atoms with Gasteiger partial charge in [-0.05, 0) is 43.4 Å². The van der Waals surface area contributed by atoms with Crippen molar-refractivity contribution in [3.05, 3.63) is 28.8 Å². The quantitative estimate of drug-likeness (QED) is 0.703. The van der Waals surface area contributed by atoms with E-state index in [1.54, 1.807) is 6.07 Å². The third-order valence-electron chi connectivity index (χ3n) is 2.90. The lowest BCUT2D eigenvalue weighted by Gasteiger charge is -2.10. The number of hydrogen-bond acceptors (Lipinski definition) is 2. The van der Waals surface area contributed by atoms with Crippen molar-refractivity contribution in [1.29, 1.82) is 0 Å². The van der Waals surface area contributed by atoms with Gasteiger partial charge in [0.2, 0.25) is 0 Å². The van der Waals surface area contributed by atoms with Gasteiger partial charge in [0, 0.05) is 23.9 Å². The lowest BCUT2D eigenvalue weighted by Crippen LogP contribution is -2.29. The van der Waals surface area contributed by atoms with Crippen LogP contribution in [0.1, 0.15) is 25.3 Å². The molecule has 0 bridgehead atoms. The van der Waals surface area contributed by atoms with Crippen LogP contribution in [-0.2, 0) is 0 Å². The van der Waals surface area contributed by atoms with E-state index in [9.17, 15) is 4.79 Å². The molecule has 5 heteroatoms. The summed E-state index contributed by atoms with van der Waals surface area (Å²) >= 11 is 5.98. The SMILES string of the molecule is Cc1ccc(NC(=O)NCCCC(C)CO)cc1Cl. The Morgan fingerprint density at radius 3 is 2.84 bits per heavy atom. The van der Waals surface area contributed by atoms with Crippen LogP contribution in [0.4, 0.5) is 10.5 Å². The predicted octanol–water partition coefficient (Wildman–Crippen LogP) is 3.18. The molecule has 0 heterocycles. The van der Waals surface area contributed by atoms with Gasteiger partial charge in [-0.15, -0.1) is 0 Å². The zero-order valence-corrected chi connectivity index (χ0v) is 12.1. The van der Waals surface area contributed by atoms with Gasteiger partial charge < -0.3 is 15.7 Å². The van der Waals surface area contributed by atoms with Crippen molar-refractivity contribution < 1.29 is 9.90 Å². The van der Waals surface area contributed by atoms with Gasteiger partial charge in [0.25, 0.3) is 0 Å². The molecule has 3 N–H and O–H groups in total. The molecule has 0 saturated carbocycles. The number of aryl methyl sites for hydroxylation is 1. The van der Waals surface area contributed by atoms with Crippen LogP contribution in [0.2, 0.25) is 5.02 Å². The highest BCUT2D eigenvalue weighted by atomic mass is 35.5. The standard InChI is InChI=1S/C14H21ClN2O2/c1-10(9-18)4-3-7-16-14(19)17-12-6-5-11(2)13(15)8-12/h5-6,8,10,18H,3-4,7,9H2,1-2H3,(H2,16,17,19). The highest BCUT2D eigenvalue weighted by Gasteiger charge is 2.04. The molecule has 0 radical (unpaired) electrons. The first kappa shape index (κ1) is 15.8. The second-order valence-electron chi connectivity index (χ2n) is 4.77. The van der Waals surface area contributed by atoms with Gasteiger partial charge in [-0.2, -0.15) is 0 Å². The lowest BCUT2D eigenvalue weighted by atomic mass is 10.1. The fourth-order valence-electron chi connectivity index (χ4n) is 1.59. The lowest BCUT2D eigenvalue weighted by molar-refractivity contribution is 0.227. The number of benzene rings is 1. The average molecular weight is 285 g/mol. The molecule has 1 atom stereocenters. The first-order valence-electron chi connectivity index (χ1n) is 6.44. The fraction of sp³-hybridized carbons (Fsp3) is 0.500.